The van der Waals surface area contributed by atoms with Crippen molar-refractivity contribution in [3.63, 3.8) is 0 Å². The molecule has 27 heavy (non-hydrogen) atoms. The zero-order valence-electron chi connectivity index (χ0n) is 15.7. The maximum atomic E-state index is 12.2. The molecule has 1 heterocycles. The van der Waals surface area contributed by atoms with Crippen molar-refractivity contribution in [3.05, 3.63) is 53.1 Å². The molecule has 2 aromatic rings. The largest absolute Gasteiger partial charge is 0.452 e. The molecule has 0 aromatic heterocycles. The third kappa shape index (κ3) is 4.39. The molecule has 1 fully saturated rings. The number of benzene rings is 2. The molecule has 6 nitrogen and oxygen atoms in total. The summed E-state index contributed by atoms with van der Waals surface area (Å²) in [7, 11) is 0. The molecule has 2 aromatic carbocycles. The Morgan fingerprint density at radius 3 is 2.56 bits per heavy atom. The number of rotatable bonds is 5. The first kappa shape index (κ1) is 18.8. The first-order chi connectivity index (χ1) is 13.0. The zero-order chi connectivity index (χ0) is 19.4. The van der Waals surface area contributed by atoms with E-state index in [1.807, 2.05) is 32.0 Å². The predicted octanol–water partition coefficient (Wildman–Crippen LogP) is 3.28. The summed E-state index contributed by atoms with van der Waals surface area (Å²) in [6.07, 6.45) is 2.43. The van der Waals surface area contributed by atoms with Gasteiger partial charge >= 0.3 is 5.97 Å². The van der Waals surface area contributed by atoms with E-state index in [2.05, 4.69) is 16.3 Å². The predicted molar refractivity (Wildman–Crippen MR) is 107 cm³/mol. The maximum Gasteiger partial charge on any atom is 0.340 e. The van der Waals surface area contributed by atoms with E-state index in [0.717, 1.165) is 24.2 Å². The smallest absolute Gasteiger partial charge is 0.340 e. The fraction of sp³-hybridized carbons (Fsp3) is 0.333. The van der Waals surface area contributed by atoms with Crippen molar-refractivity contribution in [2.45, 2.75) is 26.7 Å². The third-order valence-electron chi connectivity index (χ3n) is 4.83. The lowest BCUT2D eigenvalue weighted by Crippen LogP contribution is -2.22. The summed E-state index contributed by atoms with van der Waals surface area (Å²) in [6.45, 7) is 5.55. The molecule has 1 aliphatic rings. The van der Waals surface area contributed by atoms with E-state index in [0.29, 0.717) is 11.4 Å². The molecule has 0 bridgehead atoms. The lowest BCUT2D eigenvalue weighted by molar-refractivity contribution is -0.119. The standard InChI is InChI=1S/C21H25N3O3/c1-14-6-5-7-17(20(14)22)21(26)27-13-19(25)23-18-9-8-16(12-15(18)2)24-10-3-4-11-24/h5-9,12H,3-4,10-11,13,22H2,1-2H3,(H,23,25). The van der Waals surface area contributed by atoms with Crippen LogP contribution in [0.1, 0.15) is 34.3 Å². The Balaban J connectivity index is 1.57. The molecule has 1 saturated heterocycles. The minimum atomic E-state index is -0.604. The van der Waals surface area contributed by atoms with Crippen LogP contribution in [0.25, 0.3) is 0 Å². The van der Waals surface area contributed by atoms with Crippen LogP contribution in [0.3, 0.4) is 0 Å². The minimum absolute atomic E-state index is 0.272. The SMILES string of the molecule is Cc1cc(N2CCCC2)ccc1NC(=O)COC(=O)c1cccc(C)c1N. The van der Waals surface area contributed by atoms with Gasteiger partial charge in [-0.25, -0.2) is 4.79 Å². The lowest BCUT2D eigenvalue weighted by Gasteiger charge is -2.19. The number of nitrogens with zero attached hydrogens (tertiary/aromatic N) is 1. The first-order valence-corrected chi connectivity index (χ1v) is 9.13. The fourth-order valence-electron chi connectivity index (χ4n) is 3.21. The van der Waals surface area contributed by atoms with Crippen LogP contribution in [0.15, 0.2) is 36.4 Å². The number of carbonyl (C=O) groups excluding carboxylic acids is 2. The number of aryl methyl sites for hydroxylation is 2. The molecule has 1 aliphatic heterocycles. The molecule has 0 atom stereocenters. The average molecular weight is 367 g/mol. The Morgan fingerprint density at radius 1 is 1.11 bits per heavy atom. The van der Waals surface area contributed by atoms with Gasteiger partial charge in [-0.3, -0.25) is 4.79 Å². The Hall–Kier alpha value is -3.02. The van der Waals surface area contributed by atoms with Gasteiger partial charge in [-0.1, -0.05) is 12.1 Å². The van der Waals surface area contributed by atoms with E-state index in [4.69, 9.17) is 10.5 Å². The van der Waals surface area contributed by atoms with Crippen molar-refractivity contribution in [1.82, 2.24) is 0 Å². The minimum Gasteiger partial charge on any atom is -0.452 e. The van der Waals surface area contributed by atoms with Gasteiger partial charge in [-0.05, 0) is 62.1 Å². The molecular weight excluding hydrogens is 342 g/mol. The van der Waals surface area contributed by atoms with Crippen LogP contribution in [0.5, 0.6) is 0 Å². The van der Waals surface area contributed by atoms with E-state index in [9.17, 15) is 9.59 Å². The number of carbonyl (C=O) groups is 2. The molecule has 0 unspecified atom stereocenters. The fourth-order valence-corrected chi connectivity index (χ4v) is 3.21. The zero-order valence-corrected chi connectivity index (χ0v) is 15.7. The van der Waals surface area contributed by atoms with Crippen molar-refractivity contribution in [2.24, 2.45) is 0 Å². The molecule has 0 saturated carbocycles. The van der Waals surface area contributed by atoms with E-state index in [1.54, 1.807) is 12.1 Å². The molecule has 142 valence electrons. The summed E-state index contributed by atoms with van der Waals surface area (Å²) in [5.41, 5.74) is 10.2. The van der Waals surface area contributed by atoms with Crippen LogP contribution in [-0.4, -0.2) is 31.6 Å². The van der Waals surface area contributed by atoms with Gasteiger partial charge in [0.15, 0.2) is 6.61 Å². The Bertz CT molecular complexity index is 858. The Morgan fingerprint density at radius 2 is 1.85 bits per heavy atom. The number of nitrogen functional groups attached to an aromatic ring is 1. The number of para-hydroxylation sites is 1. The van der Waals surface area contributed by atoms with Crippen LogP contribution in [0.4, 0.5) is 17.1 Å². The highest BCUT2D eigenvalue weighted by molar-refractivity contribution is 5.98. The quantitative estimate of drug-likeness (QED) is 0.626. The number of hydrogen-bond acceptors (Lipinski definition) is 5. The van der Waals surface area contributed by atoms with E-state index < -0.39 is 5.97 Å². The second kappa shape index (κ2) is 8.12. The van der Waals surface area contributed by atoms with Crippen LogP contribution < -0.4 is 16.0 Å². The van der Waals surface area contributed by atoms with Crippen molar-refractivity contribution >= 4 is 28.9 Å². The summed E-state index contributed by atoms with van der Waals surface area (Å²) < 4.78 is 5.10. The van der Waals surface area contributed by atoms with Crippen LogP contribution >= 0.6 is 0 Å². The first-order valence-electron chi connectivity index (χ1n) is 9.13. The Labute approximate surface area is 159 Å². The number of nitrogens with two attached hydrogens (primary N) is 1. The molecule has 3 N–H and O–H groups in total. The van der Waals surface area contributed by atoms with Gasteiger partial charge in [0.05, 0.1) is 5.56 Å². The highest BCUT2D eigenvalue weighted by atomic mass is 16.5. The van der Waals surface area contributed by atoms with E-state index >= 15 is 0 Å². The molecule has 1 amide bonds. The molecule has 6 heteroatoms. The summed E-state index contributed by atoms with van der Waals surface area (Å²) in [6, 6.07) is 11.1. The number of ether oxygens (including phenoxy) is 1. The number of hydrogen-bond donors (Lipinski definition) is 2. The summed E-state index contributed by atoms with van der Waals surface area (Å²) in [5.74, 6) is -0.987. The number of nitrogens with one attached hydrogen (secondary N) is 1. The normalized spacial score (nSPS) is 13.5. The van der Waals surface area contributed by atoms with E-state index in [1.165, 1.54) is 18.5 Å². The van der Waals surface area contributed by atoms with Crippen LogP contribution in [0, 0.1) is 13.8 Å². The number of amides is 1. The van der Waals surface area contributed by atoms with Gasteiger partial charge in [0, 0.05) is 30.2 Å². The van der Waals surface area contributed by atoms with Gasteiger partial charge < -0.3 is 20.7 Å². The topological polar surface area (TPSA) is 84.7 Å². The van der Waals surface area contributed by atoms with Crippen LogP contribution in [0.2, 0.25) is 0 Å². The molecule has 0 spiro atoms. The van der Waals surface area contributed by atoms with Gasteiger partial charge in [-0.15, -0.1) is 0 Å². The van der Waals surface area contributed by atoms with Crippen molar-refractivity contribution in [3.8, 4) is 0 Å². The second-order valence-electron chi connectivity index (χ2n) is 6.85. The molecule has 0 aliphatic carbocycles. The number of esters is 1. The van der Waals surface area contributed by atoms with Crippen molar-refractivity contribution < 1.29 is 14.3 Å². The van der Waals surface area contributed by atoms with E-state index in [-0.39, 0.29) is 18.1 Å². The van der Waals surface area contributed by atoms with Crippen molar-refractivity contribution in [1.29, 1.82) is 0 Å². The Kier molecular flexibility index (Phi) is 5.64. The van der Waals surface area contributed by atoms with Crippen molar-refractivity contribution in [2.75, 3.05) is 35.6 Å². The van der Waals surface area contributed by atoms with Gasteiger partial charge in [0.1, 0.15) is 0 Å². The highest BCUT2D eigenvalue weighted by Gasteiger charge is 2.16. The monoisotopic (exact) mass is 367 g/mol. The summed E-state index contributed by atoms with van der Waals surface area (Å²) in [4.78, 5) is 26.6. The third-order valence-corrected chi connectivity index (χ3v) is 4.83. The lowest BCUT2D eigenvalue weighted by atomic mass is 10.1. The average Bonchev–Trinajstić information content (AvgIpc) is 3.18. The highest BCUT2D eigenvalue weighted by Crippen LogP contribution is 2.25. The molecule has 3 rings (SSSR count). The molecule has 0 radical (unpaired) electrons. The molecular formula is C21H25N3O3. The second-order valence-corrected chi connectivity index (χ2v) is 6.85. The summed E-state index contributed by atoms with van der Waals surface area (Å²) in [5, 5.41) is 2.79. The maximum absolute atomic E-state index is 12.2. The van der Waals surface area contributed by atoms with Gasteiger partial charge in [-0.2, -0.15) is 0 Å². The van der Waals surface area contributed by atoms with Gasteiger partial charge in [0.2, 0.25) is 0 Å². The summed E-state index contributed by atoms with van der Waals surface area (Å²) >= 11 is 0. The number of anilines is 3. The van der Waals surface area contributed by atoms with Crippen LogP contribution in [-0.2, 0) is 9.53 Å². The van der Waals surface area contributed by atoms with Gasteiger partial charge in [0.25, 0.3) is 5.91 Å².